The van der Waals surface area contributed by atoms with Crippen molar-refractivity contribution >= 4 is 42.1 Å². The van der Waals surface area contributed by atoms with Crippen LogP contribution in [-0.4, -0.2) is 19.3 Å². The fourth-order valence-electron chi connectivity index (χ4n) is 1.45. The first-order valence-corrected chi connectivity index (χ1v) is 8.29. The predicted octanol–water partition coefficient (Wildman–Crippen LogP) is 2.70. The van der Waals surface area contributed by atoms with Crippen LogP contribution in [0.5, 0.6) is 0 Å². The number of carbonyl (C=O) groups is 1. The second-order valence-corrected chi connectivity index (χ2v) is 7.40. The maximum atomic E-state index is 11.5. The number of hydrogen-bond donors (Lipinski definition) is 1. The number of halogens is 1. The topological polar surface area (TPSA) is 76.1 Å². The molecule has 1 aromatic carbocycles. The van der Waals surface area contributed by atoms with Gasteiger partial charge in [-0.15, -0.1) is 0 Å². The van der Waals surface area contributed by atoms with Crippen molar-refractivity contribution in [2.75, 3.05) is 5.32 Å². The Kier molecular flexibility index (Phi) is 3.88. The Morgan fingerprint density at radius 1 is 1.32 bits per heavy atom. The van der Waals surface area contributed by atoms with E-state index in [1.807, 2.05) is 0 Å². The number of thiazole rings is 1. The van der Waals surface area contributed by atoms with Gasteiger partial charge in [0.05, 0.1) is 0 Å². The lowest BCUT2D eigenvalue weighted by Gasteiger charge is -1.98. The van der Waals surface area contributed by atoms with Crippen molar-refractivity contribution in [2.45, 2.75) is 11.1 Å². The van der Waals surface area contributed by atoms with Gasteiger partial charge in [0.25, 0.3) is 9.05 Å². The van der Waals surface area contributed by atoms with Crippen molar-refractivity contribution in [2.24, 2.45) is 0 Å². The third kappa shape index (κ3) is 3.31. The summed E-state index contributed by atoms with van der Waals surface area (Å²) >= 11 is 0.827. The smallest absolute Gasteiger partial charge is 0.273 e. The number of anilines is 1. The number of aromatic nitrogens is 1. The van der Waals surface area contributed by atoms with E-state index in [2.05, 4.69) is 10.3 Å². The van der Waals surface area contributed by atoms with E-state index in [0.717, 1.165) is 11.3 Å². The van der Waals surface area contributed by atoms with Crippen molar-refractivity contribution < 1.29 is 13.2 Å². The van der Waals surface area contributed by atoms with E-state index in [0.29, 0.717) is 5.56 Å². The van der Waals surface area contributed by atoms with Crippen LogP contribution in [0.4, 0.5) is 5.13 Å². The predicted molar refractivity (Wildman–Crippen MR) is 74.9 cm³/mol. The first kappa shape index (κ1) is 14.0. The molecule has 0 aliphatic carbocycles. The molecule has 0 unspecified atom stereocenters. The molecule has 0 fully saturated rings. The molecule has 0 bridgehead atoms. The summed E-state index contributed by atoms with van der Waals surface area (Å²) in [7, 11) is 1.47. The van der Waals surface area contributed by atoms with Crippen molar-refractivity contribution in [1.82, 2.24) is 4.98 Å². The first-order chi connectivity index (χ1) is 8.88. The van der Waals surface area contributed by atoms with Crippen LogP contribution in [0.15, 0.2) is 34.5 Å². The van der Waals surface area contributed by atoms with Gasteiger partial charge in [0, 0.05) is 23.2 Å². The van der Waals surface area contributed by atoms with Gasteiger partial charge in [0.1, 0.15) is 5.69 Å². The number of nitrogens with one attached hydrogen (secondary N) is 1. The minimum atomic E-state index is -3.92. The van der Waals surface area contributed by atoms with Gasteiger partial charge in [0.15, 0.2) is 9.34 Å². The van der Waals surface area contributed by atoms with E-state index in [1.54, 1.807) is 30.3 Å². The summed E-state index contributed by atoms with van der Waals surface area (Å²) in [5, 5.41) is 2.65. The minimum absolute atomic E-state index is 0.0795. The van der Waals surface area contributed by atoms with Gasteiger partial charge >= 0.3 is 0 Å². The number of nitrogens with zero attached hydrogens (tertiary/aromatic N) is 1. The minimum Gasteiger partial charge on any atom is -0.302 e. The third-order valence-electron chi connectivity index (χ3n) is 2.15. The zero-order valence-electron chi connectivity index (χ0n) is 9.75. The average molecular weight is 317 g/mol. The highest BCUT2D eigenvalue weighted by Crippen LogP contribution is 2.36. The molecule has 8 heteroatoms. The Labute approximate surface area is 118 Å². The molecule has 0 aliphatic rings. The number of rotatable bonds is 3. The fraction of sp³-hybridized carbons (Fsp3) is 0.0909. The second-order valence-electron chi connectivity index (χ2n) is 3.64. The van der Waals surface area contributed by atoms with Crippen molar-refractivity contribution in [3.05, 3.63) is 30.3 Å². The highest BCUT2D eigenvalue weighted by atomic mass is 35.7. The van der Waals surface area contributed by atoms with Gasteiger partial charge in [0.2, 0.25) is 5.91 Å². The van der Waals surface area contributed by atoms with Gasteiger partial charge < -0.3 is 5.32 Å². The molecule has 1 N–H and O–H groups in total. The summed E-state index contributed by atoms with van der Waals surface area (Å²) in [6.07, 6.45) is 0. The molecule has 5 nitrogen and oxygen atoms in total. The summed E-state index contributed by atoms with van der Waals surface area (Å²) in [4.78, 5) is 15.1. The molecule has 2 aromatic rings. The molecule has 0 radical (unpaired) electrons. The van der Waals surface area contributed by atoms with E-state index in [4.69, 9.17) is 10.7 Å². The number of carbonyl (C=O) groups excluding carboxylic acids is 1. The van der Waals surface area contributed by atoms with Gasteiger partial charge in [-0.2, -0.15) is 0 Å². The summed E-state index contributed by atoms with van der Waals surface area (Å²) < 4.78 is 23.0. The molecule has 0 saturated carbocycles. The quantitative estimate of drug-likeness (QED) is 0.883. The largest absolute Gasteiger partial charge is 0.302 e. The fourth-order valence-corrected chi connectivity index (χ4v) is 3.75. The van der Waals surface area contributed by atoms with Crippen molar-refractivity contribution in [3.63, 3.8) is 0 Å². The average Bonchev–Trinajstić information content (AvgIpc) is 2.73. The lowest BCUT2D eigenvalue weighted by molar-refractivity contribution is -0.114. The number of benzene rings is 1. The van der Waals surface area contributed by atoms with Gasteiger partial charge in [-0.3, -0.25) is 4.79 Å². The number of hydrogen-bond acceptors (Lipinski definition) is 5. The number of amides is 1. The van der Waals surface area contributed by atoms with E-state index in [1.165, 1.54) is 6.92 Å². The van der Waals surface area contributed by atoms with Crippen molar-refractivity contribution in [1.29, 1.82) is 0 Å². The molecule has 1 heterocycles. The maximum absolute atomic E-state index is 11.5. The zero-order chi connectivity index (χ0) is 14.0. The van der Waals surface area contributed by atoms with E-state index in [9.17, 15) is 13.2 Å². The van der Waals surface area contributed by atoms with Crippen molar-refractivity contribution in [3.8, 4) is 11.3 Å². The Balaban J connectivity index is 2.59. The molecule has 1 amide bonds. The van der Waals surface area contributed by atoms with Gasteiger partial charge in [-0.1, -0.05) is 41.7 Å². The third-order valence-corrected chi connectivity index (χ3v) is 5.20. The van der Waals surface area contributed by atoms with Crippen LogP contribution in [-0.2, 0) is 13.8 Å². The lowest BCUT2D eigenvalue weighted by atomic mass is 10.2. The maximum Gasteiger partial charge on any atom is 0.273 e. The Morgan fingerprint density at radius 2 is 1.95 bits per heavy atom. The first-order valence-electron chi connectivity index (χ1n) is 5.16. The molecule has 0 aliphatic heterocycles. The molecule has 0 saturated heterocycles. The van der Waals surface area contributed by atoms with Crippen LogP contribution in [0.1, 0.15) is 6.92 Å². The Morgan fingerprint density at radius 3 is 2.47 bits per heavy atom. The second kappa shape index (κ2) is 5.28. The van der Waals surface area contributed by atoms with Crippen LogP contribution < -0.4 is 5.32 Å². The van der Waals surface area contributed by atoms with Crippen LogP contribution in [0.3, 0.4) is 0 Å². The van der Waals surface area contributed by atoms with E-state index >= 15 is 0 Å². The zero-order valence-corrected chi connectivity index (χ0v) is 12.1. The molecule has 19 heavy (non-hydrogen) atoms. The van der Waals surface area contributed by atoms with Crippen LogP contribution in [0.25, 0.3) is 11.3 Å². The summed E-state index contributed by atoms with van der Waals surface area (Å²) in [5.41, 5.74) is 0.860. The summed E-state index contributed by atoms with van der Waals surface area (Å²) in [6, 6.07) is 8.77. The summed E-state index contributed by atoms with van der Waals surface area (Å²) in [6.45, 7) is 1.32. The van der Waals surface area contributed by atoms with Crippen LogP contribution in [0, 0.1) is 0 Å². The van der Waals surface area contributed by atoms with E-state index < -0.39 is 9.05 Å². The summed E-state index contributed by atoms with van der Waals surface area (Å²) in [5.74, 6) is -0.327. The van der Waals surface area contributed by atoms with E-state index in [-0.39, 0.29) is 20.9 Å². The highest BCUT2D eigenvalue weighted by Gasteiger charge is 2.23. The monoisotopic (exact) mass is 316 g/mol. The molecular formula is C11H9ClN2O3S2. The van der Waals surface area contributed by atoms with Gasteiger partial charge in [-0.05, 0) is 0 Å². The standard InChI is InChI=1S/C11H9ClN2O3S2/c1-7(15)13-11-14-9(8-5-3-2-4-6-8)10(18-11)19(12,16)17/h2-6H,1H3,(H,13,14,15). The van der Waals surface area contributed by atoms with Crippen LogP contribution in [0.2, 0.25) is 0 Å². The molecule has 0 atom stereocenters. The molecular weight excluding hydrogens is 308 g/mol. The molecule has 2 rings (SSSR count). The van der Waals surface area contributed by atoms with Gasteiger partial charge in [-0.25, -0.2) is 13.4 Å². The molecule has 1 aromatic heterocycles. The SMILES string of the molecule is CC(=O)Nc1nc(-c2ccccc2)c(S(=O)(=O)Cl)s1. The molecule has 0 spiro atoms. The Bertz CT molecular complexity index is 711. The highest BCUT2D eigenvalue weighted by molar-refractivity contribution is 8.15. The molecule has 100 valence electrons. The lowest BCUT2D eigenvalue weighted by Crippen LogP contribution is -2.04. The Hall–Kier alpha value is -1.44. The normalized spacial score (nSPS) is 11.3. The van der Waals surface area contributed by atoms with Crippen LogP contribution >= 0.6 is 22.0 Å².